The summed E-state index contributed by atoms with van der Waals surface area (Å²) >= 11 is 0. The molecule has 0 aromatic heterocycles. The molecule has 1 heterocycles. The molecular formula is C14H20O5S. The number of hydrogen-bond donors (Lipinski definition) is 0. The van der Waals surface area contributed by atoms with Gasteiger partial charge < -0.3 is 13.7 Å². The minimum atomic E-state index is -3.53. The van der Waals surface area contributed by atoms with Gasteiger partial charge in [-0.25, -0.2) is 0 Å². The number of rotatable bonds is 5. The van der Waals surface area contributed by atoms with Crippen LogP contribution in [0.4, 0.5) is 0 Å². The highest BCUT2D eigenvalue weighted by Gasteiger charge is 2.42. The topological polar surface area (TPSA) is 61.8 Å². The average Bonchev–Trinajstić information content (AvgIpc) is 2.57. The molecule has 0 fully saturated rings. The van der Waals surface area contributed by atoms with Crippen molar-refractivity contribution in [2.24, 2.45) is 0 Å². The van der Waals surface area contributed by atoms with Crippen LogP contribution in [-0.4, -0.2) is 27.6 Å². The van der Waals surface area contributed by atoms with Gasteiger partial charge in [-0.1, -0.05) is 6.92 Å². The van der Waals surface area contributed by atoms with Crippen LogP contribution in [0.1, 0.15) is 32.8 Å². The van der Waals surface area contributed by atoms with E-state index in [9.17, 15) is 8.42 Å². The van der Waals surface area contributed by atoms with Gasteiger partial charge in [-0.15, -0.1) is 0 Å². The highest BCUT2D eigenvalue weighted by molar-refractivity contribution is 7.86. The highest BCUT2D eigenvalue weighted by atomic mass is 32.2. The summed E-state index contributed by atoms with van der Waals surface area (Å²) in [4.78, 5) is 0. The lowest BCUT2D eigenvalue weighted by Crippen LogP contribution is -2.34. The van der Waals surface area contributed by atoms with Crippen LogP contribution in [0, 0.1) is 0 Å². The van der Waals surface area contributed by atoms with E-state index in [0.29, 0.717) is 18.1 Å². The van der Waals surface area contributed by atoms with Gasteiger partial charge in [-0.2, -0.15) is 8.42 Å². The minimum Gasteiger partial charge on any atom is -0.464 e. The van der Waals surface area contributed by atoms with E-state index in [0.717, 1.165) is 18.2 Å². The van der Waals surface area contributed by atoms with Gasteiger partial charge in [-0.05, 0) is 38.5 Å². The van der Waals surface area contributed by atoms with E-state index in [1.54, 1.807) is 18.2 Å². The van der Waals surface area contributed by atoms with E-state index in [4.69, 9.17) is 13.7 Å². The van der Waals surface area contributed by atoms with E-state index in [1.807, 2.05) is 20.8 Å². The molecule has 0 radical (unpaired) electrons. The predicted molar refractivity (Wildman–Crippen MR) is 75.6 cm³/mol. The fourth-order valence-electron chi connectivity index (χ4n) is 2.20. The first-order chi connectivity index (χ1) is 9.24. The summed E-state index contributed by atoms with van der Waals surface area (Å²) in [6.45, 7) is 6.66. The molecule has 0 saturated heterocycles. The second kappa shape index (κ2) is 5.26. The van der Waals surface area contributed by atoms with Crippen LogP contribution in [0.2, 0.25) is 0 Å². The summed E-state index contributed by atoms with van der Waals surface area (Å²) in [5, 5.41) is 0. The molecule has 6 heteroatoms. The molecule has 0 aliphatic carbocycles. The van der Waals surface area contributed by atoms with Crippen LogP contribution < -0.4 is 8.92 Å². The molecule has 1 aliphatic heterocycles. The maximum Gasteiger partial charge on any atom is 0.306 e. The zero-order valence-electron chi connectivity index (χ0n) is 12.2. The van der Waals surface area contributed by atoms with Gasteiger partial charge in [0.05, 0.1) is 18.3 Å². The molecule has 0 amide bonds. The fourth-order valence-corrected chi connectivity index (χ4v) is 2.65. The van der Waals surface area contributed by atoms with Crippen molar-refractivity contribution in [3.05, 3.63) is 23.8 Å². The molecule has 1 unspecified atom stereocenters. The summed E-state index contributed by atoms with van der Waals surface area (Å²) in [6.07, 6.45) is 1.56. The van der Waals surface area contributed by atoms with Crippen molar-refractivity contribution in [1.29, 1.82) is 0 Å². The highest BCUT2D eigenvalue weighted by Crippen LogP contribution is 2.44. The standard InChI is InChI=1S/C14H20O5S/c1-5-8-17-13-14(2,3)11-9-10(19-20(4,15)16)6-7-12(11)18-13/h6-7,9,13H,5,8H2,1-4H3. The van der Waals surface area contributed by atoms with E-state index in [2.05, 4.69) is 0 Å². The van der Waals surface area contributed by atoms with Crippen molar-refractivity contribution in [3.8, 4) is 11.5 Å². The zero-order chi connectivity index (χ0) is 15.0. The molecule has 5 nitrogen and oxygen atoms in total. The molecule has 1 atom stereocenters. The Kier molecular flexibility index (Phi) is 3.97. The van der Waals surface area contributed by atoms with Gasteiger partial charge in [0.1, 0.15) is 11.5 Å². The van der Waals surface area contributed by atoms with Gasteiger partial charge in [0.2, 0.25) is 6.29 Å². The van der Waals surface area contributed by atoms with Crippen LogP contribution in [0.3, 0.4) is 0 Å². The third-order valence-corrected chi connectivity index (χ3v) is 3.68. The number of hydrogen-bond acceptors (Lipinski definition) is 5. The lowest BCUT2D eigenvalue weighted by atomic mass is 9.85. The molecule has 1 aromatic rings. The first kappa shape index (κ1) is 15.1. The second-order valence-electron chi connectivity index (χ2n) is 5.49. The van der Waals surface area contributed by atoms with Gasteiger partial charge in [0, 0.05) is 5.56 Å². The quantitative estimate of drug-likeness (QED) is 0.782. The molecule has 20 heavy (non-hydrogen) atoms. The molecule has 0 spiro atoms. The SMILES string of the molecule is CCCOC1Oc2ccc(OS(C)(=O)=O)cc2C1(C)C. The van der Waals surface area contributed by atoms with Crippen molar-refractivity contribution in [3.63, 3.8) is 0 Å². The Morgan fingerprint density at radius 2 is 2.05 bits per heavy atom. The van der Waals surface area contributed by atoms with Crippen LogP contribution in [-0.2, 0) is 20.3 Å². The second-order valence-corrected chi connectivity index (χ2v) is 7.06. The lowest BCUT2D eigenvalue weighted by molar-refractivity contribution is -0.102. The van der Waals surface area contributed by atoms with Crippen molar-refractivity contribution in [1.82, 2.24) is 0 Å². The van der Waals surface area contributed by atoms with E-state index in [1.165, 1.54) is 0 Å². The van der Waals surface area contributed by atoms with Crippen LogP contribution >= 0.6 is 0 Å². The first-order valence-electron chi connectivity index (χ1n) is 6.56. The predicted octanol–water partition coefficient (Wildman–Crippen LogP) is 2.45. The Morgan fingerprint density at radius 1 is 1.35 bits per heavy atom. The van der Waals surface area contributed by atoms with E-state index < -0.39 is 10.1 Å². The molecule has 0 bridgehead atoms. The summed E-state index contributed by atoms with van der Waals surface area (Å²) in [5.41, 5.74) is 0.529. The smallest absolute Gasteiger partial charge is 0.306 e. The Labute approximate surface area is 120 Å². The molecule has 112 valence electrons. The summed E-state index contributed by atoms with van der Waals surface area (Å²) in [7, 11) is -3.53. The van der Waals surface area contributed by atoms with Crippen molar-refractivity contribution < 1.29 is 22.1 Å². The number of ether oxygens (including phenoxy) is 2. The summed E-state index contributed by atoms with van der Waals surface area (Å²) < 4.78 is 38.8. The molecule has 2 rings (SSSR count). The number of fused-ring (bicyclic) bond motifs is 1. The first-order valence-corrected chi connectivity index (χ1v) is 8.38. The largest absolute Gasteiger partial charge is 0.464 e. The fraction of sp³-hybridized carbons (Fsp3) is 0.571. The summed E-state index contributed by atoms with van der Waals surface area (Å²) in [6, 6.07) is 5.00. The Hall–Kier alpha value is -1.27. The third kappa shape index (κ3) is 3.07. The van der Waals surface area contributed by atoms with Crippen molar-refractivity contribution in [2.75, 3.05) is 12.9 Å². The van der Waals surface area contributed by atoms with E-state index in [-0.39, 0.29) is 11.7 Å². The molecule has 0 N–H and O–H groups in total. The summed E-state index contributed by atoms with van der Waals surface area (Å²) in [5.74, 6) is 0.996. The van der Waals surface area contributed by atoms with E-state index >= 15 is 0 Å². The van der Waals surface area contributed by atoms with Crippen molar-refractivity contribution >= 4 is 10.1 Å². The van der Waals surface area contributed by atoms with Crippen LogP contribution in [0.5, 0.6) is 11.5 Å². The Bertz CT molecular complexity index is 592. The van der Waals surface area contributed by atoms with Gasteiger partial charge >= 0.3 is 10.1 Å². The van der Waals surface area contributed by atoms with Crippen molar-refractivity contribution in [2.45, 2.75) is 38.9 Å². The van der Waals surface area contributed by atoms with Gasteiger partial charge in [-0.3, -0.25) is 0 Å². The zero-order valence-corrected chi connectivity index (χ0v) is 13.0. The maximum absolute atomic E-state index is 11.2. The van der Waals surface area contributed by atoms with Gasteiger partial charge in [0.25, 0.3) is 0 Å². The number of benzene rings is 1. The lowest BCUT2D eigenvalue weighted by Gasteiger charge is -2.25. The Balaban J connectivity index is 2.28. The molecule has 1 aliphatic rings. The average molecular weight is 300 g/mol. The normalized spacial score (nSPS) is 20.3. The third-order valence-electron chi connectivity index (χ3n) is 3.19. The molecule has 1 aromatic carbocycles. The monoisotopic (exact) mass is 300 g/mol. The Morgan fingerprint density at radius 3 is 2.65 bits per heavy atom. The maximum atomic E-state index is 11.2. The van der Waals surface area contributed by atoms with Crippen LogP contribution in [0.15, 0.2) is 18.2 Å². The molecular weight excluding hydrogens is 280 g/mol. The minimum absolute atomic E-state index is 0.291. The van der Waals surface area contributed by atoms with Crippen LogP contribution in [0.25, 0.3) is 0 Å². The molecule has 0 saturated carbocycles. The van der Waals surface area contributed by atoms with Gasteiger partial charge in [0.15, 0.2) is 0 Å².